The quantitative estimate of drug-likeness (QED) is 0.151. The van der Waals surface area contributed by atoms with Gasteiger partial charge in [-0.25, -0.2) is 0 Å². The van der Waals surface area contributed by atoms with Gasteiger partial charge in [-0.2, -0.15) is 0 Å². The van der Waals surface area contributed by atoms with Crippen molar-refractivity contribution < 1.29 is 13.7 Å². The average Bonchev–Trinajstić information content (AvgIpc) is 1.52. The molecule has 0 saturated heterocycles. The molecule has 15 aromatic rings. The Morgan fingerprint density at radius 1 is 0.321 bits per heavy atom. The van der Waals surface area contributed by atoms with E-state index in [-0.39, 0.29) is 46.4 Å². The Labute approximate surface area is 469 Å². The molecule has 11 aromatic carbocycles. The summed E-state index contributed by atoms with van der Waals surface area (Å²) in [6.07, 6.45) is 0. The summed E-state index contributed by atoms with van der Waals surface area (Å²) in [6, 6.07) is 57.9. The predicted octanol–water partition coefficient (Wildman–Crippen LogP) is 20.9. The number of anilines is 6. The number of para-hydroxylation sites is 4. The summed E-state index contributed by atoms with van der Waals surface area (Å²) in [5, 5.41) is 7.57. The third-order valence-corrected chi connectivity index (χ3v) is 16.0. The number of rotatable bonds is 8. The lowest BCUT2D eigenvalue weighted by molar-refractivity contribution is 0.594. The van der Waals surface area contributed by atoms with Gasteiger partial charge >= 0.3 is 0 Å². The Bertz CT molecular complexity index is 5000. The van der Waals surface area contributed by atoms with Crippen LogP contribution in [0.2, 0.25) is 0 Å². The van der Waals surface area contributed by atoms with Crippen LogP contribution in [0.25, 0.3) is 98.4 Å². The molecule has 0 aliphatic heterocycles. The van der Waals surface area contributed by atoms with E-state index in [0.717, 1.165) is 110 Å². The van der Waals surface area contributed by atoms with Crippen LogP contribution in [0.1, 0.15) is 66.4 Å². The molecule has 0 atom stereocenters. The molecule has 4 aromatic heterocycles. The lowest BCUT2D eigenvalue weighted by atomic mass is 9.85. The molecule has 0 bridgehead atoms. The standard InChI is InChI=1S/C74H58N4/c1-73(2,3)61-31-19-29-57-67-63(75(51-25-15-9-16-26-51)53-37-33-49(34-38-53)47-21-11-7-12-22-47)43-41-55-59-46-66-60(45-65(59)77(69(57)61)71(55)67)56-42-44-64(68-58-30-20-32-62(74(4,5)6)70(58)78(66)72(56)68)76(52-27-17-10-18-28-52)54-39-35-50(36-40-54)48-23-13-8-14-24-48/h7-46H,1-6H3/i9D,10D,15D,16D,17D,18D,25D,26D,27D,28D. The summed E-state index contributed by atoms with van der Waals surface area (Å²) in [7, 11) is 0. The molecule has 78 heavy (non-hydrogen) atoms. The number of aromatic nitrogens is 2. The summed E-state index contributed by atoms with van der Waals surface area (Å²) in [4.78, 5) is 3.70. The molecular weight excluding hydrogens is 945 g/mol. The summed E-state index contributed by atoms with van der Waals surface area (Å²) < 4.78 is 96.1. The van der Waals surface area contributed by atoms with Crippen LogP contribution in [0.15, 0.2) is 242 Å². The Morgan fingerprint density at radius 3 is 1.06 bits per heavy atom. The Morgan fingerprint density at radius 2 is 0.692 bits per heavy atom. The van der Waals surface area contributed by atoms with E-state index in [9.17, 15) is 5.48 Å². The van der Waals surface area contributed by atoms with Gasteiger partial charge in [-0.15, -0.1) is 0 Å². The minimum absolute atomic E-state index is 0.0413. The van der Waals surface area contributed by atoms with E-state index in [1.165, 1.54) is 0 Å². The molecule has 0 aliphatic rings. The number of benzene rings is 11. The monoisotopic (exact) mass is 1010 g/mol. The first-order valence-electron chi connectivity index (χ1n) is 31.6. The third-order valence-electron chi connectivity index (χ3n) is 16.0. The van der Waals surface area contributed by atoms with Crippen LogP contribution in [-0.2, 0) is 10.8 Å². The maximum atomic E-state index is 9.51. The van der Waals surface area contributed by atoms with Crippen molar-refractivity contribution in [1.82, 2.24) is 8.80 Å². The SMILES string of the molecule is [2H]c1c([2H])c([2H])c(N(c2ccc(-c3ccccc3)cc2)c2ccc3c4cc5c(cc4n4c6c(C(C)(C)C)cccc6c2c34)c2ccc(N(c3ccc(-c4ccccc4)cc3)c3c([2H])c([2H])c([2H])c([2H])c3[2H])c3c4cccc(C(C)(C)C)c4n5c23)c([2H])c1[2H]. The maximum Gasteiger partial charge on any atom is 0.0645 e. The minimum Gasteiger partial charge on any atom is -0.310 e. The molecule has 4 nitrogen and oxygen atoms in total. The molecule has 4 heteroatoms. The summed E-state index contributed by atoms with van der Waals surface area (Å²) in [5.74, 6) is 0. The van der Waals surface area contributed by atoms with Crippen LogP contribution in [0.4, 0.5) is 34.1 Å². The van der Waals surface area contributed by atoms with Gasteiger partial charge in [-0.05, 0) is 117 Å². The van der Waals surface area contributed by atoms with Gasteiger partial charge in [0.25, 0.3) is 0 Å². The van der Waals surface area contributed by atoms with Crippen molar-refractivity contribution in [3.8, 4) is 22.3 Å². The second-order valence-corrected chi connectivity index (χ2v) is 22.6. The van der Waals surface area contributed by atoms with Crippen molar-refractivity contribution in [2.75, 3.05) is 9.80 Å². The van der Waals surface area contributed by atoms with Crippen molar-refractivity contribution in [1.29, 1.82) is 0 Å². The fourth-order valence-electron chi connectivity index (χ4n) is 12.6. The molecule has 0 N–H and O–H groups in total. The molecule has 0 amide bonds. The number of nitrogens with zero attached hydrogens (tertiary/aromatic N) is 4. The zero-order valence-corrected chi connectivity index (χ0v) is 44.1. The van der Waals surface area contributed by atoms with Crippen LogP contribution in [0.5, 0.6) is 0 Å². The normalized spacial score (nSPS) is 14.3. The molecule has 4 heterocycles. The second-order valence-electron chi connectivity index (χ2n) is 22.6. The van der Waals surface area contributed by atoms with Gasteiger partial charge in [-0.1, -0.05) is 211 Å². The van der Waals surface area contributed by atoms with Crippen molar-refractivity contribution in [3.05, 3.63) is 254 Å². The first kappa shape index (κ1) is 36.6. The minimum atomic E-state index is -0.466. The fraction of sp³-hybridized carbons (Fsp3) is 0.108. The first-order valence-corrected chi connectivity index (χ1v) is 26.6. The molecule has 0 unspecified atom stereocenters. The molecular formula is C74H58N4. The van der Waals surface area contributed by atoms with E-state index in [1.54, 1.807) is 0 Å². The molecule has 374 valence electrons. The van der Waals surface area contributed by atoms with Gasteiger partial charge in [0.2, 0.25) is 0 Å². The van der Waals surface area contributed by atoms with Gasteiger partial charge in [0.15, 0.2) is 0 Å². The molecule has 0 radical (unpaired) electrons. The van der Waals surface area contributed by atoms with Gasteiger partial charge in [0.1, 0.15) is 0 Å². The number of hydrogen-bond donors (Lipinski definition) is 0. The van der Waals surface area contributed by atoms with Gasteiger partial charge in [0.05, 0.1) is 58.2 Å². The van der Waals surface area contributed by atoms with E-state index in [0.29, 0.717) is 22.7 Å². The highest BCUT2D eigenvalue weighted by atomic mass is 15.2. The lowest BCUT2D eigenvalue weighted by Crippen LogP contribution is -2.12. The number of fused-ring (bicyclic) bond motifs is 12. The second kappa shape index (κ2) is 17.1. The van der Waals surface area contributed by atoms with Gasteiger partial charge < -0.3 is 18.6 Å². The van der Waals surface area contributed by atoms with Crippen molar-refractivity contribution in [2.45, 2.75) is 52.4 Å². The third kappa shape index (κ3) is 6.85. The zero-order chi connectivity index (χ0) is 61.3. The molecule has 15 rings (SSSR count). The summed E-state index contributed by atoms with van der Waals surface area (Å²) in [5.41, 5.74) is 14.0. The highest BCUT2D eigenvalue weighted by Gasteiger charge is 2.31. The molecule has 0 aliphatic carbocycles. The Balaban J connectivity index is 1.06. The maximum absolute atomic E-state index is 9.51. The highest BCUT2D eigenvalue weighted by molar-refractivity contribution is 6.32. The Kier molecular flexibility index (Phi) is 8.00. The van der Waals surface area contributed by atoms with Crippen molar-refractivity contribution in [3.63, 3.8) is 0 Å². The van der Waals surface area contributed by atoms with Crippen LogP contribution >= 0.6 is 0 Å². The summed E-state index contributed by atoms with van der Waals surface area (Å²) >= 11 is 0. The van der Waals surface area contributed by atoms with Crippen LogP contribution in [0, 0.1) is 0 Å². The smallest absolute Gasteiger partial charge is 0.0645 e. The molecule has 0 saturated carbocycles. The van der Waals surface area contributed by atoms with E-state index in [4.69, 9.17) is 8.22 Å². The highest BCUT2D eigenvalue weighted by Crippen LogP contribution is 2.53. The van der Waals surface area contributed by atoms with E-state index >= 15 is 0 Å². The molecule has 0 spiro atoms. The van der Waals surface area contributed by atoms with E-state index in [1.807, 2.05) is 131 Å². The van der Waals surface area contributed by atoms with Gasteiger partial charge in [0, 0.05) is 65.8 Å². The Hall–Kier alpha value is -9.38. The average molecular weight is 1010 g/mol. The van der Waals surface area contributed by atoms with Crippen LogP contribution in [-0.4, -0.2) is 8.80 Å². The predicted molar refractivity (Wildman–Crippen MR) is 333 cm³/mol. The van der Waals surface area contributed by atoms with E-state index < -0.39 is 36.3 Å². The fourth-order valence-corrected chi connectivity index (χ4v) is 12.6. The van der Waals surface area contributed by atoms with Gasteiger partial charge in [-0.3, -0.25) is 0 Å². The number of hydrogen-bond acceptors (Lipinski definition) is 2. The van der Waals surface area contributed by atoms with Crippen molar-refractivity contribution in [2.24, 2.45) is 0 Å². The van der Waals surface area contributed by atoms with E-state index in [2.05, 4.69) is 111 Å². The summed E-state index contributed by atoms with van der Waals surface area (Å²) in [6.45, 7) is 13.3. The largest absolute Gasteiger partial charge is 0.310 e. The zero-order valence-electron chi connectivity index (χ0n) is 54.1. The lowest BCUT2D eigenvalue weighted by Gasteiger charge is -2.27. The molecule has 0 fully saturated rings. The van der Waals surface area contributed by atoms with Crippen LogP contribution < -0.4 is 9.80 Å². The first-order chi connectivity index (χ1) is 42.1. The van der Waals surface area contributed by atoms with Crippen LogP contribution in [0.3, 0.4) is 0 Å². The van der Waals surface area contributed by atoms with Crippen molar-refractivity contribution >= 4 is 110 Å². The topological polar surface area (TPSA) is 15.3 Å².